The minimum absolute atomic E-state index is 0.0999. The average molecular weight is 373 g/mol. The number of carbonyl (C=O) groups excluding carboxylic acids is 1. The van der Waals surface area contributed by atoms with E-state index in [0.717, 1.165) is 51.0 Å². The van der Waals surface area contributed by atoms with Crippen LogP contribution in [0.5, 0.6) is 0 Å². The molecule has 0 aliphatic carbocycles. The molecule has 1 aliphatic rings. The van der Waals surface area contributed by atoms with Crippen molar-refractivity contribution in [3.8, 4) is 0 Å². The Kier molecular flexibility index (Phi) is 4.70. The quantitative estimate of drug-likeness (QED) is 0.725. The van der Waals surface area contributed by atoms with Gasteiger partial charge < -0.3 is 16.0 Å². The fraction of sp³-hybridized carbons (Fsp3) is 0.333. The molecule has 4 rings (SSSR count). The molecule has 1 atom stereocenters. The summed E-state index contributed by atoms with van der Waals surface area (Å²) in [5.41, 5.74) is 6.86. The van der Waals surface area contributed by atoms with Gasteiger partial charge in [-0.15, -0.1) is 11.3 Å². The predicted octanol–water partition coefficient (Wildman–Crippen LogP) is 4.05. The summed E-state index contributed by atoms with van der Waals surface area (Å²) in [6, 6.07) is 12.1. The Bertz CT molecular complexity index is 842. The molecule has 5 nitrogen and oxygen atoms in total. The van der Waals surface area contributed by atoms with Crippen molar-refractivity contribution in [2.24, 2.45) is 5.73 Å². The van der Waals surface area contributed by atoms with Crippen molar-refractivity contribution in [1.82, 2.24) is 9.88 Å². The number of amides is 1. The van der Waals surface area contributed by atoms with Crippen molar-refractivity contribution in [3.05, 3.63) is 41.3 Å². The monoisotopic (exact) mass is 372 g/mol. The van der Waals surface area contributed by atoms with Gasteiger partial charge in [-0.1, -0.05) is 29.5 Å². The molecule has 3 aromatic rings. The molecule has 2 aromatic heterocycles. The van der Waals surface area contributed by atoms with Gasteiger partial charge in [-0.3, -0.25) is 4.79 Å². The maximum Gasteiger partial charge on any atom is 0.264 e. The highest BCUT2D eigenvalue weighted by molar-refractivity contribution is 7.29. The van der Waals surface area contributed by atoms with Crippen LogP contribution in [0.4, 0.5) is 10.8 Å². The zero-order valence-corrected chi connectivity index (χ0v) is 15.4. The maximum absolute atomic E-state index is 12.9. The number of anilines is 2. The molecular weight excluding hydrogens is 352 g/mol. The number of aromatic nitrogens is 1. The molecule has 1 saturated heterocycles. The first kappa shape index (κ1) is 16.5. The van der Waals surface area contributed by atoms with E-state index in [0.29, 0.717) is 6.54 Å². The second-order valence-electron chi connectivity index (χ2n) is 6.17. The number of thiazole rings is 1. The summed E-state index contributed by atoms with van der Waals surface area (Å²) in [6.45, 7) is 1.34. The van der Waals surface area contributed by atoms with E-state index in [9.17, 15) is 4.79 Å². The largest absolute Gasteiger partial charge is 0.334 e. The molecular formula is C18H20N4OS2. The van der Waals surface area contributed by atoms with Gasteiger partial charge in [-0.25, -0.2) is 4.98 Å². The Morgan fingerprint density at radius 3 is 2.88 bits per heavy atom. The van der Waals surface area contributed by atoms with Crippen LogP contribution in [0, 0.1) is 0 Å². The van der Waals surface area contributed by atoms with Crippen molar-refractivity contribution in [2.75, 3.05) is 18.4 Å². The SMILES string of the molecule is NCC1CCCCN1C(=O)c1cc2sc(Nc3ccccc3)nc2s1. The molecule has 7 heteroatoms. The zero-order chi connectivity index (χ0) is 17.2. The average Bonchev–Trinajstić information content (AvgIpc) is 3.20. The highest BCUT2D eigenvalue weighted by Gasteiger charge is 2.28. The van der Waals surface area contributed by atoms with Gasteiger partial charge >= 0.3 is 0 Å². The number of thiophene rings is 1. The third kappa shape index (κ3) is 3.40. The summed E-state index contributed by atoms with van der Waals surface area (Å²) in [7, 11) is 0. The number of nitrogens with zero attached hydrogens (tertiary/aromatic N) is 2. The fourth-order valence-corrected chi connectivity index (χ4v) is 5.29. The number of para-hydroxylation sites is 1. The second kappa shape index (κ2) is 7.11. The van der Waals surface area contributed by atoms with Crippen molar-refractivity contribution < 1.29 is 4.79 Å². The number of nitrogens with one attached hydrogen (secondary N) is 1. The van der Waals surface area contributed by atoms with Gasteiger partial charge in [0.15, 0.2) is 5.13 Å². The molecule has 0 radical (unpaired) electrons. The molecule has 25 heavy (non-hydrogen) atoms. The highest BCUT2D eigenvalue weighted by atomic mass is 32.1. The van der Waals surface area contributed by atoms with E-state index in [4.69, 9.17) is 5.73 Å². The molecule has 3 heterocycles. The summed E-state index contributed by atoms with van der Waals surface area (Å²) in [5, 5.41) is 4.16. The van der Waals surface area contributed by atoms with E-state index >= 15 is 0 Å². The molecule has 1 aromatic carbocycles. The third-order valence-electron chi connectivity index (χ3n) is 4.49. The topological polar surface area (TPSA) is 71.2 Å². The minimum atomic E-state index is 0.0999. The minimum Gasteiger partial charge on any atom is -0.334 e. The smallest absolute Gasteiger partial charge is 0.264 e. The van der Waals surface area contributed by atoms with Crippen LogP contribution in [0.15, 0.2) is 36.4 Å². The maximum atomic E-state index is 12.9. The summed E-state index contributed by atoms with van der Waals surface area (Å²) < 4.78 is 1.05. The number of fused-ring (bicyclic) bond motifs is 1. The number of nitrogens with two attached hydrogens (primary N) is 1. The van der Waals surface area contributed by atoms with Gasteiger partial charge in [0.1, 0.15) is 4.83 Å². The van der Waals surface area contributed by atoms with Crippen molar-refractivity contribution in [1.29, 1.82) is 0 Å². The Balaban J connectivity index is 1.53. The van der Waals surface area contributed by atoms with Crippen LogP contribution < -0.4 is 11.1 Å². The zero-order valence-electron chi connectivity index (χ0n) is 13.8. The molecule has 3 N–H and O–H groups in total. The van der Waals surface area contributed by atoms with Crippen LogP contribution in [0.1, 0.15) is 28.9 Å². The van der Waals surface area contributed by atoms with Crippen molar-refractivity contribution in [2.45, 2.75) is 25.3 Å². The molecule has 1 fully saturated rings. The van der Waals surface area contributed by atoms with E-state index in [-0.39, 0.29) is 11.9 Å². The van der Waals surface area contributed by atoms with Crippen LogP contribution in [-0.2, 0) is 0 Å². The highest BCUT2D eigenvalue weighted by Crippen LogP contribution is 2.35. The Morgan fingerprint density at radius 1 is 1.28 bits per heavy atom. The summed E-state index contributed by atoms with van der Waals surface area (Å²) in [6.07, 6.45) is 3.22. The lowest BCUT2D eigenvalue weighted by atomic mass is 10.0. The van der Waals surface area contributed by atoms with E-state index in [1.54, 1.807) is 11.3 Å². The summed E-state index contributed by atoms with van der Waals surface area (Å²) in [5.74, 6) is 0.0999. The molecule has 0 bridgehead atoms. The first-order valence-corrected chi connectivity index (χ1v) is 10.1. The number of hydrogen-bond donors (Lipinski definition) is 2. The Morgan fingerprint density at radius 2 is 2.12 bits per heavy atom. The van der Waals surface area contributed by atoms with E-state index < -0.39 is 0 Å². The van der Waals surface area contributed by atoms with E-state index in [1.165, 1.54) is 11.3 Å². The van der Waals surface area contributed by atoms with Gasteiger partial charge in [-0.2, -0.15) is 0 Å². The van der Waals surface area contributed by atoms with Gasteiger partial charge in [0.25, 0.3) is 5.91 Å². The number of piperidine rings is 1. The number of likely N-dealkylation sites (tertiary alicyclic amines) is 1. The predicted molar refractivity (Wildman–Crippen MR) is 105 cm³/mol. The standard InChI is InChI=1S/C18H20N4OS2/c19-11-13-8-4-5-9-22(13)17(23)15-10-14-16(24-15)21-18(25-14)20-12-6-2-1-3-7-12/h1-3,6-7,10,13H,4-5,8-9,11,19H2,(H,20,21). The van der Waals surface area contributed by atoms with Gasteiger partial charge in [0.2, 0.25) is 0 Å². The lowest BCUT2D eigenvalue weighted by molar-refractivity contribution is 0.0628. The number of rotatable bonds is 4. The number of benzene rings is 1. The van der Waals surface area contributed by atoms with E-state index in [1.807, 2.05) is 41.3 Å². The summed E-state index contributed by atoms with van der Waals surface area (Å²) >= 11 is 3.05. The lowest BCUT2D eigenvalue weighted by Gasteiger charge is -2.34. The second-order valence-corrected chi connectivity index (χ2v) is 8.24. The van der Waals surface area contributed by atoms with Crippen LogP contribution in [0.25, 0.3) is 9.53 Å². The van der Waals surface area contributed by atoms with Gasteiger partial charge in [0, 0.05) is 24.8 Å². The van der Waals surface area contributed by atoms with Crippen LogP contribution >= 0.6 is 22.7 Å². The van der Waals surface area contributed by atoms with E-state index in [2.05, 4.69) is 10.3 Å². The third-order valence-corrected chi connectivity index (χ3v) is 6.55. The molecule has 1 amide bonds. The summed E-state index contributed by atoms with van der Waals surface area (Å²) in [4.78, 5) is 21.1. The van der Waals surface area contributed by atoms with Crippen LogP contribution in [-0.4, -0.2) is 34.9 Å². The molecule has 130 valence electrons. The number of hydrogen-bond acceptors (Lipinski definition) is 6. The lowest BCUT2D eigenvalue weighted by Crippen LogP contribution is -2.47. The first-order chi connectivity index (χ1) is 12.2. The van der Waals surface area contributed by atoms with Crippen molar-refractivity contribution in [3.63, 3.8) is 0 Å². The fourth-order valence-electron chi connectivity index (χ4n) is 3.19. The van der Waals surface area contributed by atoms with Gasteiger partial charge in [-0.05, 0) is 37.5 Å². The van der Waals surface area contributed by atoms with Crippen molar-refractivity contribution >= 4 is 48.9 Å². The van der Waals surface area contributed by atoms with Crippen LogP contribution in [0.2, 0.25) is 0 Å². The van der Waals surface area contributed by atoms with Gasteiger partial charge in [0.05, 0.1) is 9.58 Å². The molecule has 1 aliphatic heterocycles. The Labute approximate surface area is 154 Å². The number of carbonyl (C=O) groups is 1. The normalized spacial score (nSPS) is 17.8. The molecule has 0 saturated carbocycles. The molecule has 1 unspecified atom stereocenters. The van der Waals surface area contributed by atoms with Crippen LogP contribution in [0.3, 0.4) is 0 Å². The molecule has 0 spiro atoms. The first-order valence-electron chi connectivity index (χ1n) is 8.48. The Hall–Kier alpha value is -1.96.